The number of hydroxylamine groups is 2. The number of ether oxygens (including phenoxy) is 3. The summed E-state index contributed by atoms with van der Waals surface area (Å²) in [5.41, 5.74) is 1.27. The van der Waals surface area contributed by atoms with Crippen molar-refractivity contribution in [1.29, 1.82) is 0 Å². The van der Waals surface area contributed by atoms with Crippen molar-refractivity contribution in [3.05, 3.63) is 77.6 Å². The smallest absolute Gasteiger partial charge is 0.336 e. The number of benzene rings is 2. The molecule has 16 nitrogen and oxygen atoms in total. The molecule has 3 N–H and O–H groups in total. The molecule has 3 atom stereocenters. The Kier molecular flexibility index (Phi) is 22.3. The van der Waals surface area contributed by atoms with Gasteiger partial charge in [0.2, 0.25) is 12.3 Å². The van der Waals surface area contributed by atoms with Gasteiger partial charge in [0.05, 0.1) is 56.9 Å². The number of furan rings is 1. The molecule has 0 saturated heterocycles. The summed E-state index contributed by atoms with van der Waals surface area (Å²) in [5.74, 6) is -4.14. The van der Waals surface area contributed by atoms with Crippen molar-refractivity contribution in [2.75, 3.05) is 26.5 Å². The third-order valence-electron chi connectivity index (χ3n) is 9.78. The van der Waals surface area contributed by atoms with Crippen LogP contribution in [0.15, 0.2) is 65.1 Å². The van der Waals surface area contributed by atoms with Gasteiger partial charge in [-0.25, -0.2) is 9.59 Å². The van der Waals surface area contributed by atoms with E-state index in [4.69, 9.17) is 23.5 Å². The molecule has 0 fully saturated rings. The van der Waals surface area contributed by atoms with Crippen LogP contribution < -0.4 is 20.7 Å². The second-order valence-corrected chi connectivity index (χ2v) is 14.5. The van der Waals surface area contributed by atoms with Crippen molar-refractivity contribution in [1.82, 2.24) is 21.0 Å². The molecule has 338 valence electrons. The normalized spacial score (nSPS) is 12.2. The molecule has 0 spiro atoms. The van der Waals surface area contributed by atoms with Gasteiger partial charge in [-0.1, -0.05) is 96.2 Å². The Morgan fingerprint density at radius 2 is 1.48 bits per heavy atom. The quantitative estimate of drug-likeness (QED) is 0.0226. The molecule has 3 rings (SSSR count). The van der Waals surface area contributed by atoms with E-state index < -0.39 is 60.1 Å². The molecule has 16 heteroatoms. The Labute approximate surface area is 363 Å². The first-order valence-corrected chi connectivity index (χ1v) is 21.5. The highest BCUT2D eigenvalue weighted by Crippen LogP contribution is 2.29. The van der Waals surface area contributed by atoms with Gasteiger partial charge in [0.15, 0.2) is 5.76 Å². The zero-order valence-corrected chi connectivity index (χ0v) is 36.5. The molecule has 4 amide bonds. The number of carbonyl (C=O) groups is 7. The number of esters is 2. The Balaban J connectivity index is 1.69. The molecule has 0 unspecified atom stereocenters. The fraction of sp³-hybridized carbons (Fsp3) is 0.500. The number of rotatable bonds is 29. The van der Waals surface area contributed by atoms with E-state index in [0.29, 0.717) is 49.6 Å². The van der Waals surface area contributed by atoms with Crippen LogP contribution in [0.2, 0.25) is 0 Å². The van der Waals surface area contributed by atoms with Crippen LogP contribution in [0.25, 0.3) is 11.3 Å². The minimum atomic E-state index is -1.29. The summed E-state index contributed by atoms with van der Waals surface area (Å²) in [6.45, 7) is 9.72. The molecular formula is C46H62N4O12. The minimum Gasteiger partial charge on any atom is -0.493 e. The summed E-state index contributed by atoms with van der Waals surface area (Å²) >= 11 is 0. The summed E-state index contributed by atoms with van der Waals surface area (Å²) < 4.78 is 22.2. The van der Waals surface area contributed by atoms with E-state index in [2.05, 4.69) is 16.0 Å². The Morgan fingerprint density at radius 3 is 2.15 bits per heavy atom. The van der Waals surface area contributed by atoms with Crippen molar-refractivity contribution in [2.45, 2.75) is 117 Å². The third-order valence-corrected chi connectivity index (χ3v) is 9.78. The zero-order chi connectivity index (χ0) is 45.3. The highest BCUT2D eigenvalue weighted by atomic mass is 16.7. The van der Waals surface area contributed by atoms with E-state index in [0.717, 1.165) is 30.7 Å². The minimum absolute atomic E-state index is 0.0516. The lowest BCUT2D eigenvalue weighted by Gasteiger charge is -2.31. The van der Waals surface area contributed by atoms with Crippen molar-refractivity contribution < 1.29 is 57.0 Å². The number of amides is 4. The number of unbranched alkanes of at least 4 members (excludes halogenated alkanes) is 4. The summed E-state index contributed by atoms with van der Waals surface area (Å²) in [6, 6.07) is 14.5. The monoisotopic (exact) mass is 862 g/mol. The largest absolute Gasteiger partial charge is 0.493 e. The Hall–Kier alpha value is -6.19. The number of carbonyl (C=O) groups excluding carboxylic acids is 7. The predicted octanol–water partition coefficient (Wildman–Crippen LogP) is 6.46. The van der Waals surface area contributed by atoms with Gasteiger partial charge in [0.25, 0.3) is 11.8 Å². The van der Waals surface area contributed by atoms with E-state index in [-0.39, 0.29) is 55.7 Å². The Morgan fingerprint density at radius 1 is 0.774 bits per heavy atom. The van der Waals surface area contributed by atoms with E-state index in [1.807, 2.05) is 26.8 Å². The van der Waals surface area contributed by atoms with Crippen LogP contribution in [0.3, 0.4) is 0 Å². The maximum absolute atomic E-state index is 13.6. The average Bonchev–Trinajstić information content (AvgIpc) is 3.77. The SMILES string of the molecule is CCCCC[C@@H](C(=O)NCNC(=O)c1ccc(-c2ccc(C(=O)N[C@@H](CC(=O)OCCCC)C(=O)OCCCC)c(OCC)c2)o1)[C@@H](CC)N(C=O)OC(=O)Cc1ccccc1. The van der Waals surface area contributed by atoms with E-state index >= 15 is 0 Å². The van der Waals surface area contributed by atoms with Gasteiger partial charge < -0.3 is 39.4 Å². The molecule has 0 aliphatic carbocycles. The lowest BCUT2D eigenvalue weighted by atomic mass is 9.90. The molecule has 0 radical (unpaired) electrons. The molecule has 0 aliphatic rings. The Bertz CT molecular complexity index is 1900. The van der Waals surface area contributed by atoms with Gasteiger partial charge >= 0.3 is 17.9 Å². The molecule has 2 aromatic carbocycles. The van der Waals surface area contributed by atoms with Crippen molar-refractivity contribution in [3.8, 4) is 17.1 Å². The maximum Gasteiger partial charge on any atom is 0.336 e. The van der Waals surface area contributed by atoms with Crippen LogP contribution in [0.5, 0.6) is 5.75 Å². The number of hydrogen-bond acceptors (Lipinski definition) is 12. The first-order valence-electron chi connectivity index (χ1n) is 21.5. The predicted molar refractivity (Wildman–Crippen MR) is 229 cm³/mol. The van der Waals surface area contributed by atoms with Gasteiger partial charge in [-0.2, -0.15) is 5.06 Å². The summed E-state index contributed by atoms with van der Waals surface area (Å²) in [4.78, 5) is 96.1. The second kappa shape index (κ2) is 27.6. The number of nitrogens with zero attached hydrogens (tertiary/aromatic N) is 1. The van der Waals surface area contributed by atoms with Crippen LogP contribution in [-0.2, 0) is 44.7 Å². The van der Waals surface area contributed by atoms with E-state index in [1.54, 1.807) is 56.3 Å². The van der Waals surface area contributed by atoms with E-state index in [1.165, 1.54) is 12.1 Å². The number of hydrogen-bond donors (Lipinski definition) is 3. The van der Waals surface area contributed by atoms with Gasteiger partial charge in [-0.15, -0.1) is 0 Å². The molecule has 0 aliphatic heterocycles. The lowest BCUT2D eigenvalue weighted by Crippen LogP contribution is -2.49. The van der Waals surface area contributed by atoms with Gasteiger partial charge in [0, 0.05) is 5.56 Å². The third kappa shape index (κ3) is 16.3. The van der Waals surface area contributed by atoms with Crippen LogP contribution in [-0.4, -0.2) is 85.7 Å². The fourth-order valence-corrected chi connectivity index (χ4v) is 6.42. The first-order chi connectivity index (χ1) is 30.0. The van der Waals surface area contributed by atoms with Crippen LogP contribution in [0, 0.1) is 5.92 Å². The second-order valence-electron chi connectivity index (χ2n) is 14.5. The van der Waals surface area contributed by atoms with Crippen molar-refractivity contribution in [2.24, 2.45) is 5.92 Å². The topological polar surface area (TPSA) is 209 Å². The molecule has 1 aromatic heterocycles. The fourth-order valence-electron chi connectivity index (χ4n) is 6.42. The lowest BCUT2D eigenvalue weighted by molar-refractivity contribution is -0.203. The highest BCUT2D eigenvalue weighted by Gasteiger charge is 2.34. The summed E-state index contributed by atoms with van der Waals surface area (Å²) in [7, 11) is 0. The van der Waals surface area contributed by atoms with Crippen LogP contribution in [0.1, 0.15) is 125 Å². The van der Waals surface area contributed by atoms with Gasteiger partial charge in [0.1, 0.15) is 17.6 Å². The number of nitrogens with one attached hydrogen (secondary N) is 3. The average molecular weight is 863 g/mol. The molecule has 0 bridgehead atoms. The summed E-state index contributed by atoms with van der Waals surface area (Å²) in [6.07, 6.45) is 6.02. The highest BCUT2D eigenvalue weighted by molar-refractivity contribution is 6.00. The summed E-state index contributed by atoms with van der Waals surface area (Å²) in [5, 5.41) is 8.86. The molecule has 0 saturated carbocycles. The van der Waals surface area contributed by atoms with Crippen LogP contribution in [0.4, 0.5) is 0 Å². The van der Waals surface area contributed by atoms with Crippen molar-refractivity contribution >= 4 is 42.0 Å². The van der Waals surface area contributed by atoms with Crippen LogP contribution >= 0.6 is 0 Å². The molecular weight excluding hydrogens is 801 g/mol. The standard InChI is InChI=1S/C46H62N4O12/c1-6-11-15-20-34(37(9-4)50(31-51)62-42(53)27-32-18-16-14-17-19-32)43(54)47-30-48-45(56)39-24-23-38(61-39)33-21-22-35(40(28-33)58-10-5)44(55)49-36(46(57)60-26-13-8-3)29-41(52)59-25-12-7-2/h14,16-19,21-24,28,31,34,36-37H,6-13,15,20,25-27,29-30H2,1-5H3,(H,47,54)(H,48,56)(H,49,55)/t34-,36+,37-/m1/s1. The first kappa shape index (κ1) is 50.2. The molecule has 3 aromatic rings. The van der Waals surface area contributed by atoms with E-state index in [9.17, 15) is 33.6 Å². The zero-order valence-electron chi connectivity index (χ0n) is 36.5. The molecule has 1 heterocycles. The molecule has 62 heavy (non-hydrogen) atoms. The maximum atomic E-state index is 13.6. The van der Waals surface area contributed by atoms with Gasteiger partial charge in [-0.3, -0.25) is 24.0 Å². The van der Waals surface area contributed by atoms with Gasteiger partial charge in [-0.05, 0) is 62.4 Å². The van der Waals surface area contributed by atoms with Crippen molar-refractivity contribution in [3.63, 3.8) is 0 Å².